The molecule has 9 nitrogen and oxygen atoms in total. The SMILES string of the molecule is CC[C@@H]1CN=C2N(Cc3c(C)noc3C)C(=O)c3cc(S(=O)(=O)NC4(C)CC4)ccc3N21. The molecule has 0 unspecified atom stereocenters. The lowest BCUT2D eigenvalue weighted by Crippen LogP contribution is -2.52. The molecule has 1 saturated carbocycles. The number of amides is 1. The first-order valence-electron chi connectivity index (χ1n) is 10.9. The largest absolute Gasteiger partial charge is 0.361 e. The van der Waals surface area contributed by atoms with Crippen molar-refractivity contribution < 1.29 is 17.7 Å². The number of benzene rings is 1. The zero-order valence-electron chi connectivity index (χ0n) is 18.7. The second-order valence-corrected chi connectivity index (χ2v) is 10.8. The Hall–Kier alpha value is -2.72. The highest BCUT2D eigenvalue weighted by molar-refractivity contribution is 7.89. The third-order valence-corrected chi connectivity index (χ3v) is 8.26. The molecule has 1 amide bonds. The Morgan fingerprint density at radius 3 is 2.66 bits per heavy atom. The number of anilines is 1. The summed E-state index contributed by atoms with van der Waals surface area (Å²) in [6, 6.07) is 4.91. The summed E-state index contributed by atoms with van der Waals surface area (Å²) in [6.45, 7) is 8.46. The van der Waals surface area contributed by atoms with E-state index in [1.807, 2.05) is 20.8 Å². The van der Waals surface area contributed by atoms with Gasteiger partial charge in [-0.15, -0.1) is 0 Å². The summed E-state index contributed by atoms with van der Waals surface area (Å²) in [6.07, 6.45) is 2.47. The van der Waals surface area contributed by atoms with Crippen LogP contribution in [0.5, 0.6) is 0 Å². The highest BCUT2D eigenvalue weighted by Gasteiger charge is 2.44. The van der Waals surface area contributed by atoms with Crippen molar-refractivity contribution >= 4 is 27.6 Å². The van der Waals surface area contributed by atoms with E-state index in [9.17, 15) is 13.2 Å². The standard InChI is InChI=1S/C22H27N5O4S/c1-5-15-11-23-21-26(12-18-13(2)24-31-14(18)3)20(28)17-10-16(6-7-19(17)27(15)21)32(29,30)25-22(4)8-9-22/h6-7,10,15,25H,5,8-9,11-12H2,1-4H3/t15-/m1/s1. The number of sulfonamides is 1. The molecule has 5 rings (SSSR count). The Kier molecular flexibility index (Phi) is 4.72. The lowest BCUT2D eigenvalue weighted by Gasteiger charge is -2.38. The van der Waals surface area contributed by atoms with Crippen molar-refractivity contribution in [2.24, 2.45) is 4.99 Å². The number of nitrogens with one attached hydrogen (secondary N) is 1. The number of hydrogen-bond acceptors (Lipinski definition) is 7. The number of rotatable bonds is 6. The third kappa shape index (κ3) is 3.32. The van der Waals surface area contributed by atoms with E-state index in [-0.39, 0.29) is 23.4 Å². The van der Waals surface area contributed by atoms with Crippen LogP contribution in [-0.4, -0.2) is 48.5 Å². The van der Waals surface area contributed by atoms with Gasteiger partial charge in [0.25, 0.3) is 5.91 Å². The number of guanidine groups is 1. The quantitative estimate of drug-likeness (QED) is 0.715. The molecule has 170 valence electrons. The van der Waals surface area contributed by atoms with Crippen molar-refractivity contribution in [1.82, 2.24) is 14.8 Å². The molecule has 3 heterocycles. The van der Waals surface area contributed by atoms with Crippen LogP contribution in [0.15, 0.2) is 32.6 Å². The van der Waals surface area contributed by atoms with Gasteiger partial charge in [-0.3, -0.25) is 14.7 Å². The van der Waals surface area contributed by atoms with Crippen molar-refractivity contribution in [3.63, 3.8) is 0 Å². The van der Waals surface area contributed by atoms with Crippen LogP contribution < -0.4 is 9.62 Å². The number of aromatic nitrogens is 1. The van der Waals surface area contributed by atoms with E-state index in [1.165, 1.54) is 6.07 Å². The van der Waals surface area contributed by atoms with E-state index >= 15 is 0 Å². The van der Waals surface area contributed by atoms with E-state index in [1.54, 1.807) is 17.0 Å². The van der Waals surface area contributed by atoms with Gasteiger partial charge in [-0.05, 0) is 58.2 Å². The highest BCUT2D eigenvalue weighted by atomic mass is 32.2. The molecule has 0 saturated heterocycles. The molecule has 1 fully saturated rings. The Morgan fingerprint density at radius 2 is 2.03 bits per heavy atom. The van der Waals surface area contributed by atoms with Crippen molar-refractivity contribution in [3.05, 3.63) is 40.8 Å². The summed E-state index contributed by atoms with van der Waals surface area (Å²) >= 11 is 0. The smallest absolute Gasteiger partial charge is 0.263 e. The Labute approximate surface area is 187 Å². The average Bonchev–Trinajstić information content (AvgIpc) is 3.17. The van der Waals surface area contributed by atoms with Gasteiger partial charge in [-0.2, -0.15) is 0 Å². The third-order valence-electron chi connectivity index (χ3n) is 6.63. The zero-order valence-corrected chi connectivity index (χ0v) is 19.5. The molecule has 1 aromatic heterocycles. The molecule has 0 bridgehead atoms. The minimum absolute atomic E-state index is 0.0997. The summed E-state index contributed by atoms with van der Waals surface area (Å²) in [5.41, 5.74) is 2.22. The molecule has 3 aliphatic rings. The summed E-state index contributed by atoms with van der Waals surface area (Å²) in [5.74, 6) is 0.964. The molecule has 1 N–H and O–H groups in total. The fourth-order valence-corrected chi connectivity index (χ4v) is 5.83. The molecular weight excluding hydrogens is 430 g/mol. The van der Waals surface area contributed by atoms with Crippen LogP contribution in [0.2, 0.25) is 0 Å². The lowest BCUT2D eigenvalue weighted by molar-refractivity contribution is 0.0832. The number of carbonyl (C=O) groups is 1. The number of aryl methyl sites for hydroxylation is 2. The average molecular weight is 458 g/mol. The van der Waals surface area contributed by atoms with Crippen LogP contribution in [0, 0.1) is 13.8 Å². The van der Waals surface area contributed by atoms with E-state index in [0.717, 1.165) is 30.5 Å². The second-order valence-electron chi connectivity index (χ2n) is 9.11. The lowest BCUT2D eigenvalue weighted by atomic mass is 10.0. The van der Waals surface area contributed by atoms with Crippen molar-refractivity contribution in [3.8, 4) is 0 Å². The number of fused-ring (bicyclic) bond motifs is 3. The fourth-order valence-electron chi connectivity index (χ4n) is 4.34. The predicted octanol–water partition coefficient (Wildman–Crippen LogP) is 2.73. The first-order chi connectivity index (χ1) is 15.1. The fraction of sp³-hybridized carbons (Fsp3) is 0.500. The van der Waals surface area contributed by atoms with E-state index in [2.05, 4.69) is 26.7 Å². The van der Waals surface area contributed by atoms with E-state index in [0.29, 0.717) is 29.5 Å². The molecule has 0 radical (unpaired) electrons. The Bertz CT molecular complexity index is 1230. The van der Waals surface area contributed by atoms with Crippen LogP contribution in [0.3, 0.4) is 0 Å². The molecule has 2 aliphatic heterocycles. The predicted molar refractivity (Wildman–Crippen MR) is 119 cm³/mol. The van der Waals surface area contributed by atoms with Crippen molar-refractivity contribution in [2.45, 2.75) is 70.0 Å². The summed E-state index contributed by atoms with van der Waals surface area (Å²) in [4.78, 5) is 22.1. The van der Waals surface area contributed by atoms with Gasteiger partial charge in [0.1, 0.15) is 5.76 Å². The number of nitrogens with zero attached hydrogens (tertiary/aromatic N) is 4. The van der Waals surface area contributed by atoms with Crippen LogP contribution in [0.4, 0.5) is 5.69 Å². The van der Waals surface area contributed by atoms with Crippen LogP contribution in [0.1, 0.15) is 60.5 Å². The maximum atomic E-state index is 13.6. The molecule has 2 aromatic rings. The molecular formula is C22H27N5O4S. The van der Waals surface area contributed by atoms with Gasteiger partial charge in [0.2, 0.25) is 16.0 Å². The van der Waals surface area contributed by atoms with Gasteiger partial charge in [-0.25, -0.2) is 13.1 Å². The van der Waals surface area contributed by atoms with Crippen LogP contribution in [0.25, 0.3) is 0 Å². The second kappa shape index (κ2) is 7.14. The Balaban J connectivity index is 1.58. The topological polar surface area (TPSA) is 108 Å². The van der Waals surface area contributed by atoms with Gasteiger partial charge in [0.15, 0.2) is 0 Å². The summed E-state index contributed by atoms with van der Waals surface area (Å²) < 4.78 is 34.0. The minimum Gasteiger partial charge on any atom is -0.361 e. The van der Waals surface area contributed by atoms with Crippen molar-refractivity contribution in [2.75, 3.05) is 11.4 Å². The maximum absolute atomic E-state index is 13.6. The molecule has 1 atom stereocenters. The van der Waals surface area contributed by atoms with Gasteiger partial charge in [-0.1, -0.05) is 12.1 Å². The van der Waals surface area contributed by atoms with Gasteiger partial charge < -0.3 is 9.42 Å². The van der Waals surface area contributed by atoms with E-state index < -0.39 is 15.6 Å². The molecule has 10 heteroatoms. The summed E-state index contributed by atoms with van der Waals surface area (Å²) in [7, 11) is -3.73. The van der Waals surface area contributed by atoms with Gasteiger partial charge >= 0.3 is 0 Å². The van der Waals surface area contributed by atoms with Crippen molar-refractivity contribution in [1.29, 1.82) is 0 Å². The highest BCUT2D eigenvalue weighted by Crippen LogP contribution is 2.38. The number of carbonyl (C=O) groups excluding carboxylic acids is 1. The molecule has 32 heavy (non-hydrogen) atoms. The molecule has 1 aliphatic carbocycles. The maximum Gasteiger partial charge on any atom is 0.263 e. The number of aliphatic imine (C=N–C) groups is 1. The Morgan fingerprint density at radius 1 is 1.28 bits per heavy atom. The normalized spacial score (nSPS) is 21.4. The first-order valence-corrected chi connectivity index (χ1v) is 12.4. The molecule has 1 aromatic carbocycles. The summed E-state index contributed by atoms with van der Waals surface area (Å²) in [5, 5.41) is 4.00. The first kappa shape index (κ1) is 21.1. The monoisotopic (exact) mass is 457 g/mol. The van der Waals surface area contributed by atoms with Gasteiger partial charge in [0, 0.05) is 11.1 Å². The van der Waals surface area contributed by atoms with Gasteiger partial charge in [0.05, 0.1) is 41.0 Å². The minimum atomic E-state index is -3.73. The zero-order chi connectivity index (χ0) is 22.8. The molecule has 0 spiro atoms. The van der Waals surface area contributed by atoms with E-state index in [4.69, 9.17) is 4.52 Å². The van der Waals surface area contributed by atoms with Crippen LogP contribution >= 0.6 is 0 Å². The van der Waals surface area contributed by atoms with Crippen LogP contribution in [-0.2, 0) is 16.6 Å². The number of hydrogen-bond donors (Lipinski definition) is 1.